The van der Waals surface area contributed by atoms with Crippen LogP contribution in [0.25, 0.3) is 0 Å². The summed E-state index contributed by atoms with van der Waals surface area (Å²) in [6.45, 7) is 4.85. The van der Waals surface area contributed by atoms with E-state index in [0.29, 0.717) is 12.8 Å². The van der Waals surface area contributed by atoms with Crippen molar-refractivity contribution >= 4 is 17.8 Å². The summed E-state index contributed by atoms with van der Waals surface area (Å²) < 4.78 is 0. The second kappa shape index (κ2) is 8.44. The van der Waals surface area contributed by atoms with E-state index in [4.69, 9.17) is 5.11 Å². The van der Waals surface area contributed by atoms with E-state index in [2.05, 4.69) is 17.2 Å². The molecule has 1 unspecified atom stereocenters. The Kier molecular flexibility index (Phi) is 6.91. The first-order valence-corrected chi connectivity index (χ1v) is 7.32. The Morgan fingerprint density at radius 3 is 2.38 bits per heavy atom. The molecule has 2 amide bonds. The number of rotatable bonds is 7. The Balaban J connectivity index is 2.38. The van der Waals surface area contributed by atoms with Gasteiger partial charge in [0, 0.05) is 19.4 Å². The molecule has 118 valence electrons. The monoisotopic (exact) mass is 296 g/mol. The summed E-state index contributed by atoms with van der Waals surface area (Å²) >= 11 is 0. The van der Waals surface area contributed by atoms with Crippen LogP contribution in [-0.2, 0) is 14.4 Å². The van der Waals surface area contributed by atoms with Gasteiger partial charge in [-0.3, -0.25) is 9.59 Å². The SMILES string of the molecule is C=CCC(=O)NC1CCC(CC(NC(C)=O)C(=O)O)CC1. The molecule has 1 aliphatic carbocycles. The van der Waals surface area contributed by atoms with Gasteiger partial charge in [-0.1, -0.05) is 6.08 Å². The molecule has 1 fully saturated rings. The zero-order valence-electron chi connectivity index (χ0n) is 12.4. The predicted molar refractivity (Wildman–Crippen MR) is 78.6 cm³/mol. The van der Waals surface area contributed by atoms with Crippen molar-refractivity contribution in [3.05, 3.63) is 12.7 Å². The Bertz CT molecular complexity index is 400. The van der Waals surface area contributed by atoms with Crippen LogP contribution in [0.15, 0.2) is 12.7 Å². The largest absolute Gasteiger partial charge is 0.480 e. The molecule has 1 saturated carbocycles. The van der Waals surface area contributed by atoms with E-state index < -0.39 is 12.0 Å². The van der Waals surface area contributed by atoms with Gasteiger partial charge in [-0.2, -0.15) is 0 Å². The van der Waals surface area contributed by atoms with Crippen LogP contribution in [0.3, 0.4) is 0 Å². The van der Waals surface area contributed by atoms with E-state index in [1.165, 1.54) is 6.92 Å². The van der Waals surface area contributed by atoms with Crippen LogP contribution >= 0.6 is 0 Å². The summed E-state index contributed by atoms with van der Waals surface area (Å²) in [4.78, 5) is 33.6. The van der Waals surface area contributed by atoms with Crippen LogP contribution in [0.5, 0.6) is 0 Å². The molecule has 1 atom stereocenters. The average Bonchev–Trinajstić information content (AvgIpc) is 2.39. The highest BCUT2D eigenvalue weighted by Gasteiger charge is 2.27. The highest BCUT2D eigenvalue weighted by molar-refractivity contribution is 5.82. The highest BCUT2D eigenvalue weighted by atomic mass is 16.4. The molecule has 0 aromatic carbocycles. The number of nitrogens with one attached hydrogen (secondary N) is 2. The van der Waals surface area contributed by atoms with Crippen LogP contribution in [0.1, 0.15) is 45.4 Å². The van der Waals surface area contributed by atoms with Crippen molar-refractivity contribution in [3.63, 3.8) is 0 Å². The van der Waals surface area contributed by atoms with Crippen molar-refractivity contribution in [2.45, 2.75) is 57.5 Å². The van der Waals surface area contributed by atoms with E-state index in [1.54, 1.807) is 6.08 Å². The molecule has 0 saturated heterocycles. The number of carbonyl (C=O) groups excluding carboxylic acids is 2. The van der Waals surface area contributed by atoms with Crippen LogP contribution in [0.2, 0.25) is 0 Å². The molecule has 0 aromatic heterocycles. The van der Waals surface area contributed by atoms with Crippen molar-refractivity contribution in [1.82, 2.24) is 10.6 Å². The quantitative estimate of drug-likeness (QED) is 0.615. The lowest BCUT2D eigenvalue weighted by molar-refractivity contribution is -0.142. The van der Waals surface area contributed by atoms with Crippen molar-refractivity contribution in [1.29, 1.82) is 0 Å². The highest BCUT2D eigenvalue weighted by Crippen LogP contribution is 2.28. The van der Waals surface area contributed by atoms with E-state index in [0.717, 1.165) is 25.7 Å². The average molecular weight is 296 g/mol. The van der Waals surface area contributed by atoms with Gasteiger partial charge in [0.1, 0.15) is 6.04 Å². The second-order valence-electron chi connectivity index (χ2n) is 5.61. The lowest BCUT2D eigenvalue weighted by atomic mass is 9.82. The van der Waals surface area contributed by atoms with Crippen molar-refractivity contribution in [3.8, 4) is 0 Å². The van der Waals surface area contributed by atoms with Crippen molar-refractivity contribution in [2.75, 3.05) is 0 Å². The third-order valence-electron chi connectivity index (χ3n) is 3.79. The molecule has 0 spiro atoms. The van der Waals surface area contributed by atoms with Gasteiger partial charge in [-0.05, 0) is 38.0 Å². The number of aliphatic carboxylic acids is 1. The van der Waals surface area contributed by atoms with Gasteiger partial charge in [-0.15, -0.1) is 6.58 Å². The fraction of sp³-hybridized carbons (Fsp3) is 0.667. The molecule has 0 aliphatic heterocycles. The maximum absolute atomic E-state index is 11.5. The summed E-state index contributed by atoms with van der Waals surface area (Å²) in [5.74, 6) is -1.07. The predicted octanol–water partition coefficient (Wildman–Crippen LogP) is 1.22. The number of hydrogen-bond donors (Lipinski definition) is 3. The van der Waals surface area contributed by atoms with Gasteiger partial charge in [0.25, 0.3) is 0 Å². The number of carbonyl (C=O) groups is 3. The normalized spacial score (nSPS) is 22.9. The first-order valence-electron chi connectivity index (χ1n) is 7.32. The summed E-state index contributed by atoms with van der Waals surface area (Å²) in [6, 6.07) is -0.655. The second-order valence-corrected chi connectivity index (χ2v) is 5.61. The van der Waals surface area contributed by atoms with E-state index in [-0.39, 0.29) is 23.8 Å². The van der Waals surface area contributed by atoms with Gasteiger partial charge >= 0.3 is 5.97 Å². The molecule has 6 nitrogen and oxygen atoms in total. The number of carboxylic acid groups (broad SMARTS) is 1. The molecule has 0 heterocycles. The van der Waals surface area contributed by atoms with E-state index >= 15 is 0 Å². The van der Waals surface area contributed by atoms with Crippen LogP contribution in [0.4, 0.5) is 0 Å². The standard InChI is InChI=1S/C15H24N2O4/c1-3-4-14(19)17-12-7-5-11(6-8-12)9-13(15(20)21)16-10(2)18/h3,11-13H,1,4-9H2,2H3,(H,16,18)(H,17,19)(H,20,21). The molecular formula is C15H24N2O4. The molecule has 3 N–H and O–H groups in total. The van der Waals surface area contributed by atoms with Crippen molar-refractivity contribution < 1.29 is 19.5 Å². The third-order valence-corrected chi connectivity index (χ3v) is 3.79. The van der Waals surface area contributed by atoms with Gasteiger partial charge in [0.05, 0.1) is 0 Å². The maximum atomic E-state index is 11.5. The molecular weight excluding hydrogens is 272 g/mol. The minimum Gasteiger partial charge on any atom is -0.480 e. The molecule has 0 aromatic rings. The number of carboxylic acids is 1. The Hall–Kier alpha value is -1.85. The topological polar surface area (TPSA) is 95.5 Å². The van der Waals surface area contributed by atoms with Gasteiger partial charge in [0.15, 0.2) is 0 Å². The first kappa shape index (κ1) is 17.2. The summed E-state index contributed by atoms with van der Waals surface area (Å²) in [5, 5.41) is 14.5. The van der Waals surface area contributed by atoms with Gasteiger partial charge in [-0.25, -0.2) is 4.79 Å². The maximum Gasteiger partial charge on any atom is 0.326 e. The molecule has 0 bridgehead atoms. The fourth-order valence-electron chi connectivity index (χ4n) is 2.76. The third kappa shape index (κ3) is 6.42. The molecule has 1 rings (SSSR count). The number of amides is 2. The van der Waals surface area contributed by atoms with Gasteiger partial charge < -0.3 is 15.7 Å². The van der Waals surface area contributed by atoms with E-state index in [1.807, 2.05) is 0 Å². The fourth-order valence-corrected chi connectivity index (χ4v) is 2.76. The summed E-state index contributed by atoms with van der Waals surface area (Å²) in [7, 11) is 0. The first-order chi connectivity index (χ1) is 9.92. The molecule has 0 radical (unpaired) electrons. The van der Waals surface area contributed by atoms with E-state index in [9.17, 15) is 14.4 Å². The zero-order valence-corrected chi connectivity index (χ0v) is 12.4. The summed E-state index contributed by atoms with van der Waals surface area (Å²) in [5.41, 5.74) is 0. The van der Waals surface area contributed by atoms with Gasteiger partial charge in [0.2, 0.25) is 11.8 Å². The van der Waals surface area contributed by atoms with Crippen molar-refractivity contribution in [2.24, 2.45) is 5.92 Å². The van der Waals surface area contributed by atoms with Crippen LogP contribution in [-0.4, -0.2) is 35.0 Å². The number of hydrogen-bond acceptors (Lipinski definition) is 3. The Morgan fingerprint density at radius 2 is 1.90 bits per heavy atom. The molecule has 1 aliphatic rings. The minimum absolute atomic E-state index is 0.0184. The minimum atomic E-state index is -0.994. The molecule has 21 heavy (non-hydrogen) atoms. The molecule has 6 heteroatoms. The van der Waals surface area contributed by atoms with Crippen LogP contribution in [0, 0.1) is 5.92 Å². The lowest BCUT2D eigenvalue weighted by Gasteiger charge is -2.30. The lowest BCUT2D eigenvalue weighted by Crippen LogP contribution is -2.42. The smallest absolute Gasteiger partial charge is 0.326 e. The Morgan fingerprint density at radius 1 is 1.29 bits per heavy atom. The van der Waals surface area contributed by atoms with Crippen LogP contribution < -0.4 is 10.6 Å². The zero-order chi connectivity index (χ0) is 15.8. The Labute approximate surface area is 125 Å². The summed E-state index contributed by atoms with van der Waals surface area (Å²) in [6.07, 6.45) is 5.77.